The molecule has 1 aromatic rings. The molecule has 2 heterocycles. The highest BCUT2D eigenvalue weighted by Gasteiger charge is 2.34. The quantitative estimate of drug-likeness (QED) is 0.802. The fourth-order valence-electron chi connectivity index (χ4n) is 3.06. The van der Waals surface area contributed by atoms with Crippen LogP contribution in [0.2, 0.25) is 0 Å². The third kappa shape index (κ3) is 1.95. The molecule has 0 spiro atoms. The van der Waals surface area contributed by atoms with Gasteiger partial charge in [-0.15, -0.1) is 0 Å². The number of benzene rings is 1. The third-order valence-electron chi connectivity index (χ3n) is 3.85. The zero-order valence-corrected chi connectivity index (χ0v) is 10.9. The molecule has 2 nitrogen and oxygen atoms in total. The number of fused-ring (bicyclic) bond motifs is 1. The van der Waals surface area contributed by atoms with Gasteiger partial charge in [0, 0.05) is 18.0 Å². The molecule has 0 saturated carbocycles. The van der Waals surface area contributed by atoms with Gasteiger partial charge in [0.15, 0.2) is 0 Å². The molecule has 0 aliphatic carbocycles. The molecule has 1 fully saturated rings. The SMILES string of the molecule is CC1CNC(c2cccc3c2OC(C)(C)C3)C1. The standard InChI is InChI=1S/C15H21NO/c1-10-7-13(16-9-10)12-6-4-5-11-8-15(2,3)17-14(11)12/h4-6,10,13,16H,7-9H2,1-3H3. The van der Waals surface area contributed by atoms with Crippen molar-refractivity contribution in [2.24, 2.45) is 5.92 Å². The van der Waals surface area contributed by atoms with Crippen molar-refractivity contribution in [1.29, 1.82) is 0 Å². The Morgan fingerprint density at radius 1 is 1.35 bits per heavy atom. The molecule has 1 aromatic carbocycles. The molecule has 2 heteroatoms. The lowest BCUT2D eigenvalue weighted by Crippen LogP contribution is -2.25. The van der Waals surface area contributed by atoms with Crippen LogP contribution in [0.1, 0.15) is 44.4 Å². The van der Waals surface area contributed by atoms with Crippen molar-refractivity contribution in [3.05, 3.63) is 29.3 Å². The van der Waals surface area contributed by atoms with E-state index in [1.54, 1.807) is 0 Å². The summed E-state index contributed by atoms with van der Waals surface area (Å²) in [4.78, 5) is 0. The number of rotatable bonds is 1. The van der Waals surface area contributed by atoms with Crippen LogP contribution in [0.4, 0.5) is 0 Å². The van der Waals surface area contributed by atoms with Gasteiger partial charge in [-0.3, -0.25) is 0 Å². The minimum atomic E-state index is -0.0390. The minimum Gasteiger partial charge on any atom is -0.487 e. The highest BCUT2D eigenvalue weighted by molar-refractivity contribution is 5.47. The minimum absolute atomic E-state index is 0.0390. The van der Waals surface area contributed by atoms with Crippen molar-refractivity contribution in [1.82, 2.24) is 5.32 Å². The zero-order chi connectivity index (χ0) is 12.0. The van der Waals surface area contributed by atoms with Gasteiger partial charge in [-0.2, -0.15) is 0 Å². The number of nitrogens with one attached hydrogen (secondary N) is 1. The molecule has 1 N–H and O–H groups in total. The molecule has 0 aromatic heterocycles. The summed E-state index contributed by atoms with van der Waals surface area (Å²) in [5.41, 5.74) is 2.69. The molecular weight excluding hydrogens is 210 g/mol. The van der Waals surface area contributed by atoms with Gasteiger partial charge in [0.25, 0.3) is 0 Å². The second-order valence-corrected chi connectivity index (χ2v) is 6.18. The van der Waals surface area contributed by atoms with E-state index in [-0.39, 0.29) is 5.60 Å². The van der Waals surface area contributed by atoms with Gasteiger partial charge in [-0.05, 0) is 38.3 Å². The van der Waals surface area contributed by atoms with E-state index in [1.165, 1.54) is 17.5 Å². The van der Waals surface area contributed by atoms with Crippen molar-refractivity contribution >= 4 is 0 Å². The van der Waals surface area contributed by atoms with Crippen LogP contribution < -0.4 is 10.1 Å². The molecule has 0 amide bonds. The fraction of sp³-hybridized carbons (Fsp3) is 0.600. The van der Waals surface area contributed by atoms with Crippen molar-refractivity contribution < 1.29 is 4.74 Å². The molecule has 2 unspecified atom stereocenters. The Hall–Kier alpha value is -1.02. The van der Waals surface area contributed by atoms with Gasteiger partial charge in [0.05, 0.1) is 0 Å². The van der Waals surface area contributed by atoms with Gasteiger partial charge in [-0.1, -0.05) is 25.1 Å². The van der Waals surface area contributed by atoms with Gasteiger partial charge in [0.2, 0.25) is 0 Å². The molecule has 2 aliphatic rings. The van der Waals surface area contributed by atoms with Crippen molar-refractivity contribution in [2.45, 2.75) is 45.3 Å². The van der Waals surface area contributed by atoms with Crippen molar-refractivity contribution in [3.63, 3.8) is 0 Å². The average molecular weight is 231 g/mol. The van der Waals surface area contributed by atoms with E-state index < -0.39 is 0 Å². The molecule has 92 valence electrons. The highest BCUT2D eigenvalue weighted by Crippen LogP contribution is 2.42. The molecular formula is C15H21NO. The van der Waals surface area contributed by atoms with Crippen molar-refractivity contribution in [3.8, 4) is 5.75 Å². The Morgan fingerprint density at radius 2 is 2.18 bits per heavy atom. The lowest BCUT2D eigenvalue weighted by molar-refractivity contribution is 0.136. The predicted molar refractivity (Wildman–Crippen MR) is 69.4 cm³/mol. The number of ether oxygens (including phenoxy) is 1. The van der Waals surface area contributed by atoms with E-state index in [0.29, 0.717) is 6.04 Å². The van der Waals surface area contributed by atoms with E-state index in [9.17, 15) is 0 Å². The van der Waals surface area contributed by atoms with E-state index in [4.69, 9.17) is 4.74 Å². The van der Waals surface area contributed by atoms with Crippen LogP contribution in [-0.4, -0.2) is 12.1 Å². The molecule has 3 rings (SSSR count). The Balaban J connectivity index is 1.95. The fourth-order valence-corrected chi connectivity index (χ4v) is 3.06. The normalized spacial score (nSPS) is 30.1. The molecule has 2 atom stereocenters. The first-order valence-electron chi connectivity index (χ1n) is 6.59. The van der Waals surface area contributed by atoms with E-state index in [0.717, 1.165) is 24.6 Å². The lowest BCUT2D eigenvalue weighted by Gasteiger charge is -2.20. The zero-order valence-electron chi connectivity index (χ0n) is 10.9. The summed E-state index contributed by atoms with van der Waals surface area (Å²) in [6, 6.07) is 7.07. The van der Waals surface area contributed by atoms with Crippen LogP contribution in [0.25, 0.3) is 0 Å². The van der Waals surface area contributed by atoms with Crippen LogP contribution >= 0.6 is 0 Å². The summed E-state index contributed by atoms with van der Waals surface area (Å²) in [6.07, 6.45) is 2.25. The van der Waals surface area contributed by atoms with Gasteiger partial charge in [-0.25, -0.2) is 0 Å². The van der Waals surface area contributed by atoms with Crippen LogP contribution in [0, 0.1) is 5.92 Å². The topological polar surface area (TPSA) is 21.3 Å². The number of hydrogen-bond acceptors (Lipinski definition) is 2. The summed E-state index contributed by atoms with van der Waals surface area (Å²) >= 11 is 0. The van der Waals surface area contributed by atoms with Crippen LogP contribution in [0.3, 0.4) is 0 Å². The maximum absolute atomic E-state index is 6.13. The maximum Gasteiger partial charge on any atom is 0.128 e. The Labute approximate surface area is 103 Å². The van der Waals surface area contributed by atoms with Gasteiger partial charge >= 0.3 is 0 Å². The van der Waals surface area contributed by atoms with Gasteiger partial charge in [0.1, 0.15) is 11.4 Å². The molecule has 1 saturated heterocycles. The summed E-state index contributed by atoms with van der Waals surface area (Å²) in [5, 5.41) is 3.60. The summed E-state index contributed by atoms with van der Waals surface area (Å²) in [7, 11) is 0. The van der Waals surface area contributed by atoms with Crippen LogP contribution in [-0.2, 0) is 6.42 Å². The maximum atomic E-state index is 6.13. The molecule has 2 aliphatic heterocycles. The van der Waals surface area contributed by atoms with E-state index in [2.05, 4.69) is 44.3 Å². The molecule has 17 heavy (non-hydrogen) atoms. The second-order valence-electron chi connectivity index (χ2n) is 6.18. The Morgan fingerprint density at radius 3 is 2.88 bits per heavy atom. The Bertz CT molecular complexity index is 439. The van der Waals surface area contributed by atoms with Gasteiger partial charge < -0.3 is 10.1 Å². The average Bonchev–Trinajstić information content (AvgIpc) is 2.78. The Kier molecular flexibility index (Phi) is 2.44. The third-order valence-corrected chi connectivity index (χ3v) is 3.85. The monoisotopic (exact) mass is 231 g/mol. The molecule has 0 radical (unpaired) electrons. The second kappa shape index (κ2) is 3.74. The predicted octanol–water partition coefficient (Wildman–Crippen LogP) is 3.07. The summed E-state index contributed by atoms with van der Waals surface area (Å²) in [5.74, 6) is 1.91. The summed E-state index contributed by atoms with van der Waals surface area (Å²) in [6.45, 7) is 7.77. The van der Waals surface area contributed by atoms with Crippen LogP contribution in [0.15, 0.2) is 18.2 Å². The van der Waals surface area contributed by atoms with E-state index >= 15 is 0 Å². The smallest absolute Gasteiger partial charge is 0.128 e. The largest absolute Gasteiger partial charge is 0.487 e. The first kappa shape index (κ1) is 11.1. The molecule has 0 bridgehead atoms. The number of para-hydroxylation sites is 1. The first-order valence-corrected chi connectivity index (χ1v) is 6.59. The van der Waals surface area contributed by atoms with Crippen molar-refractivity contribution in [2.75, 3.05) is 6.54 Å². The first-order chi connectivity index (χ1) is 8.05. The number of hydrogen-bond donors (Lipinski definition) is 1. The van der Waals surface area contributed by atoms with E-state index in [1.807, 2.05) is 0 Å². The lowest BCUT2D eigenvalue weighted by atomic mass is 9.96. The van der Waals surface area contributed by atoms with Crippen LogP contribution in [0.5, 0.6) is 5.75 Å². The summed E-state index contributed by atoms with van der Waals surface area (Å²) < 4.78 is 6.13. The highest BCUT2D eigenvalue weighted by atomic mass is 16.5.